The number of fused-ring (bicyclic) bond motifs is 1. The van der Waals surface area contributed by atoms with Crippen molar-refractivity contribution < 1.29 is 22.8 Å². The molecule has 5 N–H and O–H groups in total. The number of rotatable bonds is 7. The molecule has 0 spiro atoms. The average Bonchev–Trinajstić information content (AvgIpc) is 3.31. The first-order valence-corrected chi connectivity index (χ1v) is 11.4. The molecule has 168 valence electrons. The summed E-state index contributed by atoms with van der Waals surface area (Å²) in [5.74, 6) is 2.83. The topological polar surface area (TPSA) is 152 Å². The van der Waals surface area contributed by atoms with Crippen LogP contribution in [0, 0.1) is 18.3 Å². The first-order valence-electron chi connectivity index (χ1n) is 9.97. The van der Waals surface area contributed by atoms with Crippen molar-refractivity contribution in [3.8, 4) is 23.6 Å². The molecule has 1 fully saturated rings. The van der Waals surface area contributed by atoms with Gasteiger partial charge < -0.3 is 15.5 Å². The molecule has 10 nitrogen and oxygen atoms in total. The lowest BCUT2D eigenvalue weighted by Gasteiger charge is -2.19. The molecular weight excluding hydrogens is 434 g/mol. The molecule has 0 unspecified atom stereocenters. The highest BCUT2D eigenvalue weighted by Crippen LogP contribution is 2.32. The number of nitrogens with zero attached hydrogens (tertiary/aromatic N) is 3. The van der Waals surface area contributed by atoms with Crippen LogP contribution in [-0.2, 0) is 14.5 Å². The monoisotopic (exact) mass is 457 g/mol. The molecule has 1 saturated carbocycles. The Balaban J connectivity index is 1.53. The summed E-state index contributed by atoms with van der Waals surface area (Å²) in [4.78, 5) is 4.34. The van der Waals surface area contributed by atoms with Gasteiger partial charge in [-0.05, 0) is 37.0 Å². The predicted molar refractivity (Wildman–Crippen MR) is 118 cm³/mol. The van der Waals surface area contributed by atoms with E-state index in [4.69, 9.17) is 11.6 Å². The fraction of sp³-hybridized carbons (Fsp3) is 0.333. The highest BCUT2D eigenvalue weighted by Gasteiger charge is 2.41. The zero-order chi connectivity index (χ0) is 22.9. The second-order valence-electron chi connectivity index (χ2n) is 7.69. The van der Waals surface area contributed by atoms with Crippen molar-refractivity contribution >= 4 is 21.8 Å². The van der Waals surface area contributed by atoms with E-state index in [9.17, 15) is 18.6 Å². The van der Waals surface area contributed by atoms with Crippen LogP contribution in [0.15, 0.2) is 42.6 Å². The van der Waals surface area contributed by atoms with Crippen LogP contribution >= 0.6 is 0 Å². The van der Waals surface area contributed by atoms with Gasteiger partial charge in [0, 0.05) is 23.4 Å². The van der Waals surface area contributed by atoms with Crippen molar-refractivity contribution in [3.05, 3.63) is 48.2 Å². The zero-order valence-electron chi connectivity index (χ0n) is 17.0. The van der Waals surface area contributed by atoms with E-state index in [1.807, 2.05) is 30.3 Å². The molecule has 1 aliphatic carbocycles. The number of benzene rings is 1. The summed E-state index contributed by atoms with van der Waals surface area (Å²) in [6.45, 7) is -0.168. The molecule has 1 aliphatic rings. The number of nitrogens with one attached hydrogen (secondary N) is 1. The minimum absolute atomic E-state index is 0.168. The first kappa shape index (κ1) is 22.2. The number of hydrogen-bond donors (Lipinski definition) is 4. The molecule has 2 aromatic heterocycles. The Kier molecular flexibility index (Phi) is 6.14. The number of nitrogens with two attached hydrogens (primary N) is 1. The average molecular weight is 458 g/mol. The van der Waals surface area contributed by atoms with Crippen LogP contribution in [0.5, 0.6) is 0 Å². The minimum Gasteiger partial charge on any atom is -0.390 e. The van der Waals surface area contributed by atoms with Crippen molar-refractivity contribution in [3.63, 3.8) is 0 Å². The van der Waals surface area contributed by atoms with E-state index >= 15 is 0 Å². The van der Waals surface area contributed by atoms with Crippen molar-refractivity contribution in [1.29, 1.82) is 0 Å². The summed E-state index contributed by atoms with van der Waals surface area (Å²) in [5, 5.41) is 33.5. The fourth-order valence-electron chi connectivity index (χ4n) is 3.97. The normalized spacial score (nSPS) is 23.3. The van der Waals surface area contributed by atoms with Gasteiger partial charge in [-0.25, -0.2) is 10.1 Å². The highest BCUT2D eigenvalue weighted by atomic mass is 32.2. The van der Waals surface area contributed by atoms with E-state index in [-0.39, 0.29) is 18.9 Å². The Labute approximate surface area is 185 Å². The Bertz CT molecular complexity index is 1270. The van der Waals surface area contributed by atoms with Gasteiger partial charge in [0.05, 0.1) is 24.4 Å². The lowest BCUT2D eigenvalue weighted by atomic mass is 10.0. The van der Waals surface area contributed by atoms with Crippen LogP contribution in [0.25, 0.3) is 16.9 Å². The number of aliphatic hydroxyl groups is 2. The number of terminal acetylenes is 1. The Morgan fingerprint density at radius 1 is 1.28 bits per heavy atom. The highest BCUT2D eigenvalue weighted by molar-refractivity contribution is 7.84. The maximum atomic E-state index is 10.9. The SMILES string of the molecule is C#Cc1cccc(-c2cc3nccc(N[C@@H]4C[C@H](CCOS(N)(=O)=O)[C@@H](O)[C@H]4O)n3n2)c1. The van der Waals surface area contributed by atoms with Gasteiger partial charge in [-0.3, -0.25) is 4.18 Å². The Morgan fingerprint density at radius 3 is 2.84 bits per heavy atom. The molecule has 3 aromatic rings. The largest absolute Gasteiger partial charge is 0.390 e. The molecule has 11 heteroatoms. The standard InChI is InChI=1S/C21H23N5O5S/c1-2-13-4-3-5-14(10-13)16-12-19-23-8-6-18(26(19)25-16)24-17-11-15(20(27)21(17)28)7-9-31-32(22,29)30/h1,3-6,8,10,12,15,17,20-21,24,27-28H,7,9,11H2,(H2,22,29,30)/t15-,17+,20+,21-/m0/s1. The molecule has 4 atom stereocenters. The van der Waals surface area contributed by atoms with E-state index in [1.165, 1.54) is 0 Å². The lowest BCUT2D eigenvalue weighted by molar-refractivity contribution is 0.0133. The van der Waals surface area contributed by atoms with Crippen LogP contribution in [0.4, 0.5) is 5.82 Å². The Morgan fingerprint density at radius 2 is 2.09 bits per heavy atom. The van der Waals surface area contributed by atoms with Crippen LogP contribution in [0.3, 0.4) is 0 Å². The minimum atomic E-state index is -4.05. The van der Waals surface area contributed by atoms with Crippen LogP contribution in [0.1, 0.15) is 18.4 Å². The lowest BCUT2D eigenvalue weighted by Crippen LogP contribution is -2.35. The number of anilines is 1. The van der Waals surface area contributed by atoms with E-state index in [2.05, 4.69) is 25.5 Å². The Hall–Kier alpha value is -3.01. The van der Waals surface area contributed by atoms with Gasteiger partial charge in [0.2, 0.25) is 0 Å². The summed E-state index contributed by atoms with van der Waals surface area (Å²) in [5.41, 5.74) is 2.88. The molecule has 0 saturated heterocycles. The maximum Gasteiger partial charge on any atom is 0.333 e. The van der Waals surface area contributed by atoms with Gasteiger partial charge in [-0.2, -0.15) is 18.0 Å². The van der Waals surface area contributed by atoms with Gasteiger partial charge in [0.25, 0.3) is 0 Å². The first-order chi connectivity index (χ1) is 15.2. The fourth-order valence-corrected chi connectivity index (χ4v) is 4.30. The molecule has 0 aliphatic heterocycles. The molecule has 0 radical (unpaired) electrons. The molecule has 0 bridgehead atoms. The van der Waals surface area contributed by atoms with Crippen molar-refractivity contribution in [1.82, 2.24) is 14.6 Å². The second-order valence-corrected chi connectivity index (χ2v) is 8.91. The molecule has 2 heterocycles. The van der Waals surface area contributed by atoms with Crippen LogP contribution < -0.4 is 10.5 Å². The third-order valence-electron chi connectivity index (χ3n) is 5.55. The van der Waals surface area contributed by atoms with Crippen LogP contribution in [0.2, 0.25) is 0 Å². The van der Waals surface area contributed by atoms with E-state index in [0.29, 0.717) is 23.6 Å². The summed E-state index contributed by atoms with van der Waals surface area (Å²) >= 11 is 0. The number of aliphatic hydroxyl groups excluding tert-OH is 2. The van der Waals surface area contributed by atoms with E-state index in [1.54, 1.807) is 16.8 Å². The molecule has 32 heavy (non-hydrogen) atoms. The summed E-state index contributed by atoms with van der Waals surface area (Å²) in [6.07, 6.45) is 5.65. The smallest absolute Gasteiger partial charge is 0.333 e. The van der Waals surface area contributed by atoms with Gasteiger partial charge in [0.15, 0.2) is 5.65 Å². The van der Waals surface area contributed by atoms with E-state index in [0.717, 1.165) is 11.1 Å². The zero-order valence-corrected chi connectivity index (χ0v) is 17.8. The van der Waals surface area contributed by atoms with Crippen molar-refractivity contribution in [2.45, 2.75) is 31.1 Å². The number of hydrogen-bond acceptors (Lipinski definition) is 8. The third-order valence-corrected chi connectivity index (χ3v) is 6.05. The predicted octanol–water partition coefficient (Wildman–Crippen LogP) is 0.510. The second kappa shape index (κ2) is 8.85. The molecule has 1 aromatic carbocycles. The van der Waals surface area contributed by atoms with Gasteiger partial charge >= 0.3 is 10.3 Å². The van der Waals surface area contributed by atoms with Gasteiger partial charge in [-0.15, -0.1) is 6.42 Å². The number of aromatic nitrogens is 3. The summed E-state index contributed by atoms with van der Waals surface area (Å²) in [6, 6.07) is 10.5. The quantitative estimate of drug-likeness (QED) is 0.375. The van der Waals surface area contributed by atoms with E-state index < -0.39 is 28.6 Å². The summed E-state index contributed by atoms with van der Waals surface area (Å²) in [7, 11) is -4.05. The molecule has 4 rings (SSSR count). The molecular formula is C21H23N5O5S. The van der Waals surface area contributed by atoms with Gasteiger partial charge in [0.1, 0.15) is 11.9 Å². The van der Waals surface area contributed by atoms with Crippen molar-refractivity contribution in [2.24, 2.45) is 11.1 Å². The van der Waals surface area contributed by atoms with Crippen LogP contribution in [-0.4, -0.2) is 58.1 Å². The summed E-state index contributed by atoms with van der Waals surface area (Å²) < 4.78 is 28.0. The third kappa shape index (κ3) is 4.74. The molecule has 0 amide bonds. The maximum absolute atomic E-state index is 10.9. The van der Waals surface area contributed by atoms with Crippen molar-refractivity contribution in [2.75, 3.05) is 11.9 Å². The van der Waals surface area contributed by atoms with Gasteiger partial charge in [-0.1, -0.05) is 18.1 Å².